The fourth-order valence-corrected chi connectivity index (χ4v) is 2.24. The number of likely N-dealkylation sites (tertiary alicyclic amines) is 1. The summed E-state index contributed by atoms with van der Waals surface area (Å²) in [5, 5.41) is 11.7. The normalized spacial score (nSPS) is 21.5. The first kappa shape index (κ1) is 15.0. The molecule has 1 aliphatic heterocycles. The number of nitrogens with zero attached hydrogens (tertiary/aromatic N) is 1. The van der Waals surface area contributed by atoms with Gasteiger partial charge in [-0.25, -0.2) is 0 Å². The highest BCUT2D eigenvalue weighted by Gasteiger charge is 2.30. The summed E-state index contributed by atoms with van der Waals surface area (Å²) in [4.78, 5) is 25.5. The lowest BCUT2D eigenvalue weighted by Crippen LogP contribution is -2.51. The lowest BCUT2D eigenvalue weighted by Gasteiger charge is -2.35. The van der Waals surface area contributed by atoms with Gasteiger partial charge in [-0.2, -0.15) is 0 Å². The van der Waals surface area contributed by atoms with Crippen molar-refractivity contribution >= 4 is 11.8 Å². The molecule has 1 saturated heterocycles. The van der Waals surface area contributed by atoms with Crippen LogP contribution in [0.5, 0.6) is 0 Å². The maximum absolute atomic E-state index is 12.1. The van der Waals surface area contributed by atoms with Crippen molar-refractivity contribution in [3.05, 3.63) is 0 Å². The third kappa shape index (κ3) is 3.98. The Kier molecular flexibility index (Phi) is 6.12. The van der Waals surface area contributed by atoms with Gasteiger partial charge in [0.25, 0.3) is 0 Å². The van der Waals surface area contributed by atoms with Crippen molar-refractivity contribution in [3.63, 3.8) is 0 Å². The summed E-state index contributed by atoms with van der Waals surface area (Å²) < 4.78 is 0. The molecule has 2 N–H and O–H groups in total. The van der Waals surface area contributed by atoms with Gasteiger partial charge < -0.3 is 15.3 Å². The van der Waals surface area contributed by atoms with Crippen LogP contribution in [0.2, 0.25) is 0 Å². The van der Waals surface area contributed by atoms with Crippen molar-refractivity contribution in [1.29, 1.82) is 0 Å². The summed E-state index contributed by atoms with van der Waals surface area (Å²) in [7, 11) is 0. The molecule has 0 aromatic carbocycles. The topological polar surface area (TPSA) is 69.6 Å². The molecule has 0 bridgehead atoms. The van der Waals surface area contributed by atoms with E-state index in [9.17, 15) is 9.59 Å². The van der Waals surface area contributed by atoms with Crippen molar-refractivity contribution in [2.45, 2.75) is 58.0 Å². The van der Waals surface area contributed by atoms with Gasteiger partial charge in [0.15, 0.2) is 0 Å². The molecule has 0 radical (unpaired) electrons. The zero-order chi connectivity index (χ0) is 13.5. The Morgan fingerprint density at radius 1 is 1.44 bits per heavy atom. The number of carbonyl (C=O) groups is 2. The number of aliphatic hydroxyl groups is 1. The molecule has 1 heterocycles. The highest BCUT2D eigenvalue weighted by atomic mass is 16.3. The van der Waals surface area contributed by atoms with E-state index in [1.807, 2.05) is 13.8 Å². The van der Waals surface area contributed by atoms with E-state index in [0.717, 1.165) is 25.7 Å². The van der Waals surface area contributed by atoms with Crippen molar-refractivity contribution in [3.8, 4) is 0 Å². The molecule has 5 nitrogen and oxygen atoms in total. The summed E-state index contributed by atoms with van der Waals surface area (Å²) >= 11 is 0. The minimum Gasteiger partial charge on any atom is -0.396 e. The van der Waals surface area contributed by atoms with E-state index in [1.54, 1.807) is 4.90 Å². The molecule has 2 unspecified atom stereocenters. The maximum Gasteiger partial charge on any atom is 0.312 e. The molecule has 1 aliphatic rings. The van der Waals surface area contributed by atoms with E-state index in [1.165, 1.54) is 0 Å². The average molecular weight is 256 g/mol. The highest BCUT2D eigenvalue weighted by Crippen LogP contribution is 2.19. The average Bonchev–Trinajstić information content (AvgIpc) is 2.38. The van der Waals surface area contributed by atoms with E-state index in [-0.39, 0.29) is 18.7 Å². The lowest BCUT2D eigenvalue weighted by molar-refractivity contribution is -0.148. The third-order valence-corrected chi connectivity index (χ3v) is 3.53. The molecule has 0 aromatic heterocycles. The molecule has 18 heavy (non-hydrogen) atoms. The fourth-order valence-electron chi connectivity index (χ4n) is 2.24. The van der Waals surface area contributed by atoms with Crippen molar-refractivity contribution in [2.24, 2.45) is 0 Å². The Morgan fingerprint density at radius 3 is 2.78 bits per heavy atom. The number of hydrogen-bond acceptors (Lipinski definition) is 3. The zero-order valence-electron chi connectivity index (χ0n) is 11.3. The quantitative estimate of drug-likeness (QED) is 0.726. The molecule has 5 heteroatoms. The predicted molar refractivity (Wildman–Crippen MR) is 69.0 cm³/mol. The number of rotatable bonds is 4. The standard InChI is InChI=1S/C13H24N2O3/c1-3-10(2)14-12(17)13(18)15-8-5-4-6-11(15)7-9-16/h10-11,16H,3-9H2,1-2H3,(H,14,17). The SMILES string of the molecule is CCC(C)NC(=O)C(=O)N1CCCCC1CCO. The van der Waals surface area contributed by atoms with E-state index in [2.05, 4.69) is 5.32 Å². The number of hydrogen-bond donors (Lipinski definition) is 2. The first-order chi connectivity index (χ1) is 8.60. The molecule has 0 aliphatic carbocycles. The van der Waals surface area contributed by atoms with Crippen molar-refractivity contribution < 1.29 is 14.7 Å². The van der Waals surface area contributed by atoms with Crippen LogP contribution in [0.4, 0.5) is 0 Å². The van der Waals surface area contributed by atoms with E-state index >= 15 is 0 Å². The minimum absolute atomic E-state index is 0.0129. The molecule has 1 rings (SSSR count). The molecule has 1 fully saturated rings. The van der Waals surface area contributed by atoms with Crippen molar-refractivity contribution in [2.75, 3.05) is 13.2 Å². The number of piperidine rings is 1. The Balaban J connectivity index is 2.59. The van der Waals surface area contributed by atoms with Gasteiger partial charge in [-0.15, -0.1) is 0 Å². The number of nitrogens with one attached hydrogen (secondary N) is 1. The largest absolute Gasteiger partial charge is 0.396 e. The smallest absolute Gasteiger partial charge is 0.312 e. The molecule has 0 spiro atoms. The van der Waals surface area contributed by atoms with Gasteiger partial charge in [0, 0.05) is 25.2 Å². The van der Waals surface area contributed by atoms with Crippen LogP contribution in [0, 0.1) is 0 Å². The van der Waals surface area contributed by atoms with Crippen LogP contribution in [0.1, 0.15) is 46.0 Å². The Bertz CT molecular complexity index is 292. The summed E-state index contributed by atoms with van der Waals surface area (Å²) in [5.41, 5.74) is 0. The second-order valence-electron chi connectivity index (χ2n) is 4.94. The van der Waals surface area contributed by atoms with E-state index in [0.29, 0.717) is 13.0 Å². The van der Waals surface area contributed by atoms with Gasteiger partial charge >= 0.3 is 11.8 Å². The van der Waals surface area contributed by atoms with Crippen LogP contribution in [0.25, 0.3) is 0 Å². The van der Waals surface area contributed by atoms with Crippen LogP contribution in [0.3, 0.4) is 0 Å². The second kappa shape index (κ2) is 7.36. The molecular formula is C13H24N2O3. The van der Waals surface area contributed by atoms with Crippen LogP contribution in [0.15, 0.2) is 0 Å². The van der Waals surface area contributed by atoms with Gasteiger partial charge in [0.1, 0.15) is 0 Å². The van der Waals surface area contributed by atoms with Crippen LogP contribution in [-0.4, -0.2) is 47.1 Å². The summed E-state index contributed by atoms with van der Waals surface area (Å²) in [6.07, 6.45) is 4.23. The van der Waals surface area contributed by atoms with E-state index in [4.69, 9.17) is 5.11 Å². The second-order valence-corrected chi connectivity index (χ2v) is 4.94. The summed E-state index contributed by atoms with van der Waals surface area (Å²) in [6, 6.07) is 0.0291. The van der Waals surface area contributed by atoms with Gasteiger partial charge in [-0.3, -0.25) is 9.59 Å². The molecule has 2 atom stereocenters. The first-order valence-electron chi connectivity index (χ1n) is 6.82. The van der Waals surface area contributed by atoms with Crippen molar-refractivity contribution in [1.82, 2.24) is 10.2 Å². The van der Waals surface area contributed by atoms with Crippen LogP contribution < -0.4 is 5.32 Å². The van der Waals surface area contributed by atoms with Gasteiger partial charge in [-0.1, -0.05) is 6.92 Å². The number of aliphatic hydroxyl groups excluding tert-OH is 1. The highest BCUT2D eigenvalue weighted by molar-refractivity contribution is 6.35. The number of carbonyl (C=O) groups excluding carboxylic acids is 2. The molecule has 0 saturated carbocycles. The minimum atomic E-state index is -0.519. The fraction of sp³-hybridized carbons (Fsp3) is 0.846. The Hall–Kier alpha value is -1.10. The van der Waals surface area contributed by atoms with Gasteiger partial charge in [0.2, 0.25) is 0 Å². The van der Waals surface area contributed by atoms with E-state index < -0.39 is 11.8 Å². The van der Waals surface area contributed by atoms with Crippen LogP contribution >= 0.6 is 0 Å². The first-order valence-corrected chi connectivity index (χ1v) is 6.82. The third-order valence-electron chi connectivity index (χ3n) is 3.53. The van der Waals surface area contributed by atoms with Crippen LogP contribution in [-0.2, 0) is 9.59 Å². The molecule has 0 aromatic rings. The summed E-state index contributed by atoms with van der Waals surface area (Å²) in [6.45, 7) is 4.52. The van der Waals surface area contributed by atoms with Gasteiger partial charge in [0.05, 0.1) is 0 Å². The molecule has 104 valence electrons. The monoisotopic (exact) mass is 256 g/mol. The maximum atomic E-state index is 12.1. The number of amides is 2. The summed E-state index contributed by atoms with van der Waals surface area (Å²) in [5.74, 6) is -0.970. The Morgan fingerprint density at radius 2 is 2.17 bits per heavy atom. The molecule has 2 amide bonds. The predicted octanol–water partition coefficient (Wildman–Crippen LogP) is 0.665. The zero-order valence-corrected chi connectivity index (χ0v) is 11.3. The van der Waals surface area contributed by atoms with Gasteiger partial charge in [-0.05, 0) is 39.0 Å². The Labute approximate surface area is 109 Å². The lowest BCUT2D eigenvalue weighted by atomic mass is 9.99. The molecular weight excluding hydrogens is 232 g/mol.